The number of hydrogen-bond donors (Lipinski definition) is 1. The Morgan fingerprint density at radius 3 is 2.88 bits per heavy atom. The minimum absolute atomic E-state index is 0.695. The van der Waals surface area contributed by atoms with Gasteiger partial charge < -0.3 is 5.73 Å². The van der Waals surface area contributed by atoms with Crippen LogP contribution in [-0.4, -0.2) is 38.8 Å². The number of aryl methyl sites for hydroxylation is 1. The number of aromatic nitrogens is 3. The molecular formula is C12H23N5. The Labute approximate surface area is 103 Å². The van der Waals surface area contributed by atoms with Crippen molar-refractivity contribution in [3.8, 4) is 0 Å². The van der Waals surface area contributed by atoms with E-state index in [9.17, 15) is 0 Å². The van der Waals surface area contributed by atoms with E-state index in [4.69, 9.17) is 5.73 Å². The molecule has 0 aliphatic heterocycles. The van der Waals surface area contributed by atoms with Gasteiger partial charge in [0.25, 0.3) is 0 Å². The summed E-state index contributed by atoms with van der Waals surface area (Å²) in [5.41, 5.74) is 5.71. The maximum absolute atomic E-state index is 5.71. The predicted molar refractivity (Wildman–Crippen MR) is 67.4 cm³/mol. The Hall–Kier alpha value is -0.940. The topological polar surface area (TPSA) is 60.0 Å². The van der Waals surface area contributed by atoms with E-state index < -0.39 is 0 Å². The number of nitrogens with two attached hydrogens (primary N) is 1. The van der Waals surface area contributed by atoms with Gasteiger partial charge in [0.1, 0.15) is 12.2 Å². The van der Waals surface area contributed by atoms with Crippen molar-refractivity contribution in [1.29, 1.82) is 0 Å². The van der Waals surface area contributed by atoms with Gasteiger partial charge in [0.2, 0.25) is 0 Å². The Morgan fingerprint density at radius 2 is 2.24 bits per heavy atom. The molecule has 1 saturated carbocycles. The minimum atomic E-state index is 0.695. The summed E-state index contributed by atoms with van der Waals surface area (Å²) in [6.45, 7) is 5.55. The number of nitrogens with zero attached hydrogens (tertiary/aromatic N) is 4. The zero-order valence-electron chi connectivity index (χ0n) is 10.7. The largest absolute Gasteiger partial charge is 0.329 e. The summed E-state index contributed by atoms with van der Waals surface area (Å²) in [5.74, 6) is 1.06. The molecule has 0 bridgehead atoms. The Balaban J connectivity index is 2.01. The molecule has 17 heavy (non-hydrogen) atoms. The lowest BCUT2D eigenvalue weighted by molar-refractivity contribution is 0.187. The van der Waals surface area contributed by atoms with Gasteiger partial charge >= 0.3 is 0 Å². The second-order valence-electron chi connectivity index (χ2n) is 4.69. The maximum Gasteiger partial charge on any atom is 0.141 e. The molecule has 0 spiro atoms. The number of hydrogen-bond acceptors (Lipinski definition) is 4. The lowest BCUT2D eigenvalue weighted by Gasteiger charge is -2.27. The Bertz CT molecular complexity index is 329. The van der Waals surface area contributed by atoms with Gasteiger partial charge in [-0.2, -0.15) is 5.10 Å². The standard InChI is InChI=1S/C12H23N5/c1-2-17-12(14-10-15-17)9-16(8-7-13)11-5-3-4-6-11/h10-11H,2-9,13H2,1H3. The van der Waals surface area contributed by atoms with Crippen molar-refractivity contribution < 1.29 is 0 Å². The molecule has 0 aromatic carbocycles. The fourth-order valence-electron chi connectivity index (χ4n) is 2.68. The van der Waals surface area contributed by atoms with E-state index >= 15 is 0 Å². The first kappa shape index (κ1) is 12.5. The fourth-order valence-corrected chi connectivity index (χ4v) is 2.68. The van der Waals surface area contributed by atoms with Crippen LogP contribution >= 0.6 is 0 Å². The van der Waals surface area contributed by atoms with Crippen molar-refractivity contribution in [2.75, 3.05) is 13.1 Å². The molecule has 1 aliphatic carbocycles. The molecule has 5 heteroatoms. The average Bonchev–Trinajstić information content (AvgIpc) is 2.99. The molecule has 0 amide bonds. The highest BCUT2D eigenvalue weighted by molar-refractivity contribution is 4.88. The molecule has 2 N–H and O–H groups in total. The van der Waals surface area contributed by atoms with Crippen molar-refractivity contribution in [2.24, 2.45) is 5.73 Å². The third-order valence-electron chi connectivity index (χ3n) is 3.60. The van der Waals surface area contributed by atoms with E-state index in [1.165, 1.54) is 25.7 Å². The SMILES string of the molecule is CCn1ncnc1CN(CCN)C1CCCC1. The minimum Gasteiger partial charge on any atom is -0.329 e. The lowest BCUT2D eigenvalue weighted by Crippen LogP contribution is -2.37. The fraction of sp³-hybridized carbons (Fsp3) is 0.833. The summed E-state index contributed by atoms with van der Waals surface area (Å²) < 4.78 is 1.97. The van der Waals surface area contributed by atoms with E-state index in [0.29, 0.717) is 6.04 Å². The predicted octanol–water partition coefficient (Wildman–Crippen LogP) is 1.00. The molecule has 0 atom stereocenters. The van der Waals surface area contributed by atoms with Crippen molar-refractivity contribution in [2.45, 2.75) is 51.7 Å². The monoisotopic (exact) mass is 237 g/mol. The Kier molecular flexibility index (Phi) is 4.50. The van der Waals surface area contributed by atoms with E-state index in [2.05, 4.69) is 21.9 Å². The van der Waals surface area contributed by atoms with Gasteiger partial charge in [-0.1, -0.05) is 12.8 Å². The van der Waals surface area contributed by atoms with Crippen LogP contribution in [0.4, 0.5) is 0 Å². The first-order valence-electron chi connectivity index (χ1n) is 6.66. The summed E-state index contributed by atoms with van der Waals surface area (Å²) in [6.07, 6.45) is 6.97. The van der Waals surface area contributed by atoms with Crippen LogP contribution in [0.25, 0.3) is 0 Å². The zero-order chi connectivity index (χ0) is 12.1. The first-order chi connectivity index (χ1) is 8.35. The smallest absolute Gasteiger partial charge is 0.141 e. The van der Waals surface area contributed by atoms with Gasteiger partial charge in [0.05, 0.1) is 6.54 Å². The van der Waals surface area contributed by atoms with E-state index in [1.807, 2.05) is 4.68 Å². The normalized spacial score (nSPS) is 17.1. The molecule has 1 heterocycles. The first-order valence-corrected chi connectivity index (χ1v) is 6.66. The van der Waals surface area contributed by atoms with Gasteiger partial charge in [-0.05, 0) is 19.8 Å². The lowest BCUT2D eigenvalue weighted by atomic mass is 10.2. The van der Waals surface area contributed by atoms with Crippen LogP contribution in [0.15, 0.2) is 6.33 Å². The summed E-state index contributed by atoms with van der Waals surface area (Å²) >= 11 is 0. The second kappa shape index (κ2) is 6.12. The molecule has 1 aromatic heterocycles. The highest BCUT2D eigenvalue weighted by Gasteiger charge is 2.23. The molecule has 0 unspecified atom stereocenters. The molecule has 1 aliphatic rings. The highest BCUT2D eigenvalue weighted by Crippen LogP contribution is 2.24. The molecule has 96 valence electrons. The summed E-state index contributed by atoms with van der Waals surface area (Å²) in [7, 11) is 0. The third kappa shape index (κ3) is 3.04. The summed E-state index contributed by atoms with van der Waals surface area (Å²) in [6, 6.07) is 0.695. The van der Waals surface area contributed by atoms with Crippen LogP contribution in [0.5, 0.6) is 0 Å². The van der Waals surface area contributed by atoms with E-state index in [1.54, 1.807) is 6.33 Å². The summed E-state index contributed by atoms with van der Waals surface area (Å²) in [5, 5.41) is 4.22. The van der Waals surface area contributed by atoms with Crippen LogP contribution < -0.4 is 5.73 Å². The van der Waals surface area contributed by atoms with Crippen LogP contribution in [0.2, 0.25) is 0 Å². The van der Waals surface area contributed by atoms with Crippen LogP contribution in [-0.2, 0) is 13.1 Å². The van der Waals surface area contributed by atoms with Crippen LogP contribution in [0, 0.1) is 0 Å². The van der Waals surface area contributed by atoms with Gasteiger partial charge in [-0.15, -0.1) is 0 Å². The molecule has 2 rings (SSSR count). The van der Waals surface area contributed by atoms with Crippen molar-refractivity contribution in [3.63, 3.8) is 0 Å². The van der Waals surface area contributed by atoms with Crippen molar-refractivity contribution >= 4 is 0 Å². The van der Waals surface area contributed by atoms with Gasteiger partial charge in [-0.3, -0.25) is 4.90 Å². The van der Waals surface area contributed by atoms with E-state index in [-0.39, 0.29) is 0 Å². The zero-order valence-corrected chi connectivity index (χ0v) is 10.7. The molecule has 0 radical (unpaired) electrons. The van der Waals surface area contributed by atoms with Crippen molar-refractivity contribution in [3.05, 3.63) is 12.2 Å². The van der Waals surface area contributed by atoms with Gasteiger partial charge in [0.15, 0.2) is 0 Å². The van der Waals surface area contributed by atoms with Gasteiger partial charge in [-0.25, -0.2) is 9.67 Å². The average molecular weight is 237 g/mol. The highest BCUT2D eigenvalue weighted by atomic mass is 15.3. The molecule has 1 fully saturated rings. The molecular weight excluding hydrogens is 214 g/mol. The molecule has 5 nitrogen and oxygen atoms in total. The Morgan fingerprint density at radius 1 is 1.47 bits per heavy atom. The second-order valence-corrected chi connectivity index (χ2v) is 4.69. The maximum atomic E-state index is 5.71. The van der Waals surface area contributed by atoms with Crippen LogP contribution in [0.1, 0.15) is 38.4 Å². The van der Waals surface area contributed by atoms with Gasteiger partial charge in [0, 0.05) is 25.7 Å². The quantitative estimate of drug-likeness (QED) is 0.802. The van der Waals surface area contributed by atoms with Crippen LogP contribution in [0.3, 0.4) is 0 Å². The van der Waals surface area contributed by atoms with E-state index in [0.717, 1.165) is 32.0 Å². The number of rotatable bonds is 6. The summed E-state index contributed by atoms with van der Waals surface area (Å²) in [4.78, 5) is 6.83. The molecule has 0 saturated heterocycles. The van der Waals surface area contributed by atoms with Crippen molar-refractivity contribution in [1.82, 2.24) is 19.7 Å². The molecule has 1 aromatic rings. The third-order valence-corrected chi connectivity index (χ3v) is 3.60.